The van der Waals surface area contributed by atoms with Gasteiger partial charge in [-0.25, -0.2) is 0 Å². The summed E-state index contributed by atoms with van der Waals surface area (Å²) in [6, 6.07) is 4.59. The first-order chi connectivity index (χ1) is 7.90. The second kappa shape index (κ2) is 6.24. The second-order valence-corrected chi connectivity index (χ2v) is 5.12. The van der Waals surface area contributed by atoms with Gasteiger partial charge in [-0.3, -0.25) is 4.79 Å². The Kier molecular flexibility index (Phi) is 5.25. The van der Waals surface area contributed by atoms with Gasteiger partial charge in [0, 0.05) is 16.6 Å². The molecule has 1 rings (SSSR count). The first-order valence-electron chi connectivity index (χ1n) is 5.32. The largest absolute Gasteiger partial charge is 0.378 e. The monoisotopic (exact) mass is 275 g/mol. The number of rotatable bonds is 4. The number of hydrogen-bond acceptors (Lipinski definition) is 2. The van der Waals surface area contributed by atoms with Gasteiger partial charge < -0.3 is 10.4 Å². The summed E-state index contributed by atoms with van der Waals surface area (Å²) in [6.07, 6.45) is -1.25. The van der Waals surface area contributed by atoms with Crippen molar-refractivity contribution in [3.63, 3.8) is 0 Å². The molecule has 1 aromatic rings. The molecule has 0 bridgehead atoms. The normalized spacial score (nSPS) is 12.6. The Morgan fingerprint density at radius 1 is 1.29 bits per heavy atom. The fraction of sp³-hybridized carbons (Fsp3) is 0.417. The summed E-state index contributed by atoms with van der Waals surface area (Å²) in [7, 11) is 0. The molecule has 1 unspecified atom stereocenters. The number of aliphatic hydroxyl groups excluding tert-OH is 1. The number of hydrogen-bond donors (Lipinski definition) is 2. The molecule has 0 saturated heterocycles. The summed E-state index contributed by atoms with van der Waals surface area (Å²) in [4.78, 5) is 11.6. The van der Waals surface area contributed by atoms with E-state index in [1.807, 2.05) is 13.8 Å². The summed E-state index contributed by atoms with van der Waals surface area (Å²) < 4.78 is 0. The van der Waals surface area contributed by atoms with E-state index in [4.69, 9.17) is 23.2 Å². The quantitative estimate of drug-likeness (QED) is 0.888. The molecular weight excluding hydrogens is 261 g/mol. The minimum atomic E-state index is -1.25. The van der Waals surface area contributed by atoms with Crippen molar-refractivity contribution >= 4 is 29.1 Å². The molecule has 1 amide bonds. The summed E-state index contributed by atoms with van der Waals surface area (Å²) in [6.45, 7) is 4.47. The Hall–Kier alpha value is -0.770. The highest BCUT2D eigenvalue weighted by molar-refractivity contribution is 6.34. The van der Waals surface area contributed by atoms with Gasteiger partial charge in [0.2, 0.25) is 0 Å². The van der Waals surface area contributed by atoms with Crippen molar-refractivity contribution < 1.29 is 9.90 Å². The predicted molar refractivity (Wildman–Crippen MR) is 69.3 cm³/mol. The van der Waals surface area contributed by atoms with E-state index < -0.39 is 12.0 Å². The van der Waals surface area contributed by atoms with Gasteiger partial charge in [-0.05, 0) is 29.7 Å². The van der Waals surface area contributed by atoms with Crippen LogP contribution in [-0.4, -0.2) is 17.6 Å². The third-order valence-corrected chi connectivity index (χ3v) is 2.57. The Balaban J connectivity index is 2.74. The molecule has 1 aromatic carbocycles. The van der Waals surface area contributed by atoms with Crippen LogP contribution in [0.5, 0.6) is 0 Å². The number of benzene rings is 1. The van der Waals surface area contributed by atoms with Crippen molar-refractivity contribution in [2.45, 2.75) is 20.0 Å². The summed E-state index contributed by atoms with van der Waals surface area (Å²) in [5, 5.41) is 13.2. The molecule has 94 valence electrons. The maximum atomic E-state index is 11.6. The maximum absolute atomic E-state index is 11.6. The molecule has 0 aromatic heterocycles. The highest BCUT2D eigenvalue weighted by Crippen LogP contribution is 2.23. The fourth-order valence-electron chi connectivity index (χ4n) is 1.29. The van der Waals surface area contributed by atoms with Crippen LogP contribution in [0.15, 0.2) is 18.2 Å². The molecular formula is C12H15Cl2NO2. The summed E-state index contributed by atoms with van der Waals surface area (Å²) in [5.74, 6) is -0.119. The lowest BCUT2D eigenvalue weighted by molar-refractivity contribution is -0.129. The van der Waals surface area contributed by atoms with E-state index in [2.05, 4.69) is 5.32 Å². The summed E-state index contributed by atoms with van der Waals surface area (Å²) in [5.41, 5.74) is 0.392. The van der Waals surface area contributed by atoms with E-state index in [1.165, 1.54) is 12.1 Å². The molecule has 0 aliphatic rings. The van der Waals surface area contributed by atoms with Crippen LogP contribution in [0.1, 0.15) is 25.5 Å². The van der Waals surface area contributed by atoms with Gasteiger partial charge in [-0.2, -0.15) is 0 Å². The van der Waals surface area contributed by atoms with Crippen molar-refractivity contribution in [1.82, 2.24) is 5.32 Å². The van der Waals surface area contributed by atoms with E-state index in [0.29, 0.717) is 28.1 Å². The highest BCUT2D eigenvalue weighted by Gasteiger charge is 2.18. The van der Waals surface area contributed by atoms with E-state index >= 15 is 0 Å². The van der Waals surface area contributed by atoms with Crippen molar-refractivity contribution in [3.05, 3.63) is 33.8 Å². The average Bonchev–Trinajstić information content (AvgIpc) is 2.23. The number of carbonyl (C=O) groups excluding carboxylic acids is 1. The van der Waals surface area contributed by atoms with E-state index in [1.54, 1.807) is 6.07 Å². The third kappa shape index (κ3) is 4.54. The van der Waals surface area contributed by atoms with Crippen molar-refractivity contribution in [2.24, 2.45) is 5.92 Å². The van der Waals surface area contributed by atoms with Crippen molar-refractivity contribution in [1.29, 1.82) is 0 Å². The van der Waals surface area contributed by atoms with E-state index in [9.17, 15) is 9.90 Å². The minimum Gasteiger partial charge on any atom is -0.378 e. The van der Waals surface area contributed by atoms with Gasteiger partial charge in [0.1, 0.15) is 0 Å². The molecule has 0 radical (unpaired) electrons. The zero-order chi connectivity index (χ0) is 13.0. The van der Waals surface area contributed by atoms with Crippen molar-refractivity contribution in [3.8, 4) is 0 Å². The lowest BCUT2D eigenvalue weighted by atomic mass is 10.1. The summed E-state index contributed by atoms with van der Waals surface area (Å²) >= 11 is 11.6. The van der Waals surface area contributed by atoms with Crippen LogP contribution >= 0.6 is 23.2 Å². The highest BCUT2D eigenvalue weighted by atomic mass is 35.5. The van der Waals surface area contributed by atoms with Crippen LogP contribution in [0.2, 0.25) is 10.0 Å². The molecule has 5 heteroatoms. The zero-order valence-electron chi connectivity index (χ0n) is 9.71. The minimum absolute atomic E-state index is 0.328. The molecule has 0 spiro atoms. The standard InChI is InChI=1S/C12H15Cl2NO2/c1-7(2)6-15-12(17)11(16)8-3-9(13)5-10(14)4-8/h3-5,7,11,16H,6H2,1-2H3,(H,15,17). The lowest BCUT2D eigenvalue weighted by Crippen LogP contribution is -2.32. The van der Waals surface area contributed by atoms with E-state index in [-0.39, 0.29) is 0 Å². The van der Waals surface area contributed by atoms with Gasteiger partial charge in [0.25, 0.3) is 5.91 Å². The Bertz CT molecular complexity index is 387. The number of aliphatic hydroxyl groups is 1. The zero-order valence-corrected chi connectivity index (χ0v) is 11.2. The molecule has 17 heavy (non-hydrogen) atoms. The molecule has 0 aliphatic carbocycles. The second-order valence-electron chi connectivity index (χ2n) is 4.24. The van der Waals surface area contributed by atoms with Crippen LogP contribution in [0, 0.1) is 5.92 Å². The first-order valence-corrected chi connectivity index (χ1v) is 6.07. The van der Waals surface area contributed by atoms with Crippen LogP contribution in [0.3, 0.4) is 0 Å². The van der Waals surface area contributed by atoms with Crippen LogP contribution in [-0.2, 0) is 4.79 Å². The lowest BCUT2D eigenvalue weighted by Gasteiger charge is -2.13. The van der Waals surface area contributed by atoms with Crippen LogP contribution in [0.25, 0.3) is 0 Å². The number of nitrogens with one attached hydrogen (secondary N) is 1. The topological polar surface area (TPSA) is 49.3 Å². The molecule has 3 nitrogen and oxygen atoms in total. The molecule has 0 fully saturated rings. The predicted octanol–water partition coefficient (Wildman–Crippen LogP) is 2.80. The van der Waals surface area contributed by atoms with Gasteiger partial charge in [0.05, 0.1) is 0 Å². The Morgan fingerprint density at radius 2 is 1.82 bits per heavy atom. The van der Waals surface area contributed by atoms with Crippen LogP contribution < -0.4 is 5.32 Å². The molecule has 2 N–H and O–H groups in total. The van der Waals surface area contributed by atoms with Gasteiger partial charge >= 0.3 is 0 Å². The maximum Gasteiger partial charge on any atom is 0.253 e. The van der Waals surface area contributed by atoms with E-state index in [0.717, 1.165) is 0 Å². The number of carbonyl (C=O) groups is 1. The Labute approximate surface area is 111 Å². The SMILES string of the molecule is CC(C)CNC(=O)C(O)c1cc(Cl)cc(Cl)c1. The van der Waals surface area contributed by atoms with Crippen molar-refractivity contribution in [2.75, 3.05) is 6.54 Å². The molecule has 1 atom stereocenters. The average molecular weight is 276 g/mol. The first kappa shape index (κ1) is 14.3. The fourth-order valence-corrected chi connectivity index (χ4v) is 1.83. The molecule has 0 saturated carbocycles. The van der Waals surface area contributed by atoms with Gasteiger partial charge in [0.15, 0.2) is 6.10 Å². The Morgan fingerprint density at radius 3 is 2.29 bits per heavy atom. The molecule has 0 heterocycles. The van der Waals surface area contributed by atoms with Gasteiger partial charge in [-0.15, -0.1) is 0 Å². The molecule has 0 aliphatic heterocycles. The number of amides is 1. The third-order valence-electron chi connectivity index (χ3n) is 2.13. The smallest absolute Gasteiger partial charge is 0.253 e. The van der Waals surface area contributed by atoms with Crippen LogP contribution in [0.4, 0.5) is 0 Å². The van der Waals surface area contributed by atoms with Gasteiger partial charge in [-0.1, -0.05) is 37.0 Å². The number of halogens is 2.